The third kappa shape index (κ3) is 9.18. The number of hydrogen-bond donors (Lipinski definition) is 3. The van der Waals surface area contributed by atoms with Gasteiger partial charge in [0, 0.05) is 36.9 Å². The number of nitrogens with one attached hydrogen (secondary N) is 2. The fraction of sp³-hybridized carbons (Fsp3) is 0.316. The molecule has 1 heterocycles. The van der Waals surface area contributed by atoms with Crippen LogP contribution < -0.4 is 15.4 Å². The molecule has 1 aliphatic rings. The number of fused-ring (bicyclic) bond motifs is 1. The summed E-state index contributed by atoms with van der Waals surface area (Å²) in [6.45, 7) is 5.02. The Morgan fingerprint density at radius 3 is 2.27 bits per heavy atom. The van der Waals surface area contributed by atoms with E-state index >= 15 is 0 Å². The molecule has 0 unspecified atom stereocenters. The van der Waals surface area contributed by atoms with Crippen LogP contribution in [0.5, 0.6) is 5.75 Å². The number of rotatable bonds is 11. The molecule has 0 radical (unpaired) electrons. The molecule has 0 spiro atoms. The zero-order chi connectivity index (χ0) is 35.1. The number of likely N-dealkylation sites (N-methyl/N-ethyl adjacent to an activating group) is 1. The molecule has 11 heteroatoms. The molecule has 0 aliphatic carbocycles. The summed E-state index contributed by atoms with van der Waals surface area (Å²) in [5, 5.41) is 16.2. The highest BCUT2D eigenvalue weighted by atomic mass is 19.4. The normalized spacial score (nSPS) is 17.1. The van der Waals surface area contributed by atoms with Gasteiger partial charge in [-0.1, -0.05) is 55.5 Å². The van der Waals surface area contributed by atoms with Gasteiger partial charge >= 0.3 is 6.18 Å². The summed E-state index contributed by atoms with van der Waals surface area (Å²) < 4.78 is 45.6. The van der Waals surface area contributed by atoms with Crippen molar-refractivity contribution in [2.75, 3.05) is 37.4 Å². The van der Waals surface area contributed by atoms with Crippen LogP contribution in [0.15, 0.2) is 97.1 Å². The van der Waals surface area contributed by atoms with Crippen molar-refractivity contribution in [3.8, 4) is 5.75 Å². The van der Waals surface area contributed by atoms with E-state index in [1.165, 1.54) is 12.1 Å². The molecule has 4 aromatic rings. The maximum Gasteiger partial charge on any atom is 0.416 e. The zero-order valence-electron chi connectivity index (χ0n) is 27.7. The number of benzene rings is 4. The Balaban J connectivity index is 1.34. The fourth-order valence-electron chi connectivity index (χ4n) is 5.82. The summed E-state index contributed by atoms with van der Waals surface area (Å²) in [4.78, 5) is 30.7. The van der Waals surface area contributed by atoms with Crippen LogP contribution >= 0.6 is 0 Å². The number of carbonyl (C=O) groups is 2. The molecule has 0 saturated heterocycles. The lowest BCUT2D eigenvalue weighted by atomic mass is 9.98. The molecule has 0 saturated carbocycles. The van der Waals surface area contributed by atoms with Crippen molar-refractivity contribution in [2.45, 2.75) is 45.1 Å². The third-order valence-corrected chi connectivity index (χ3v) is 8.57. The van der Waals surface area contributed by atoms with Crippen molar-refractivity contribution in [3.05, 3.63) is 119 Å². The maximum atomic E-state index is 13.8. The highest BCUT2D eigenvalue weighted by Gasteiger charge is 2.35. The first-order valence-electron chi connectivity index (χ1n) is 16.2. The lowest BCUT2D eigenvalue weighted by Crippen LogP contribution is -2.49. The van der Waals surface area contributed by atoms with E-state index in [1.54, 1.807) is 30.0 Å². The summed E-state index contributed by atoms with van der Waals surface area (Å²) in [6.07, 6.45) is -5.05. The van der Waals surface area contributed by atoms with E-state index in [1.807, 2.05) is 56.4 Å². The highest BCUT2D eigenvalue weighted by molar-refractivity contribution is 6.02. The van der Waals surface area contributed by atoms with E-state index in [-0.39, 0.29) is 41.9 Å². The second kappa shape index (κ2) is 15.6. The van der Waals surface area contributed by atoms with Gasteiger partial charge in [0.25, 0.3) is 5.91 Å². The molecule has 1 aliphatic heterocycles. The summed E-state index contributed by atoms with van der Waals surface area (Å²) in [5.74, 6) is -0.747. The third-order valence-electron chi connectivity index (χ3n) is 8.57. The van der Waals surface area contributed by atoms with Gasteiger partial charge in [0.2, 0.25) is 5.91 Å². The average Bonchev–Trinajstić information content (AvgIpc) is 3.07. The van der Waals surface area contributed by atoms with Gasteiger partial charge in [0.05, 0.1) is 35.9 Å². The topological polar surface area (TPSA) is 94.1 Å². The molecule has 3 atom stereocenters. The Bertz CT molecular complexity index is 1720. The van der Waals surface area contributed by atoms with Crippen LogP contribution in [0.4, 0.5) is 30.2 Å². The molecule has 0 bridgehead atoms. The maximum absolute atomic E-state index is 13.8. The van der Waals surface area contributed by atoms with Crippen molar-refractivity contribution in [1.82, 2.24) is 9.80 Å². The van der Waals surface area contributed by atoms with E-state index in [0.29, 0.717) is 25.2 Å². The molecule has 4 aromatic carbocycles. The Morgan fingerprint density at radius 1 is 0.959 bits per heavy atom. The van der Waals surface area contributed by atoms with Gasteiger partial charge in [-0.15, -0.1) is 0 Å². The number of aliphatic hydroxyl groups excluding tert-OH is 1. The standard InChI is InChI=1S/C38H41F3N4O4/c1-25-21-45(26(2)24-46)37(48)32-10-7-11-33(43-35(47)20-27-12-16-29(17-13-27)38(39,40)41)36(32)49-34(25)23-44(3)22-28-14-18-31(19-15-28)42-30-8-5-4-6-9-30/h4-19,25-26,34,42,46H,20-24H2,1-3H3,(H,43,47)/t25-,26+,34-/m1/s1. The number of para-hydroxylation sites is 2. The Hall–Kier alpha value is -4.87. The van der Waals surface area contributed by atoms with Gasteiger partial charge < -0.3 is 25.4 Å². The number of anilines is 3. The number of carbonyl (C=O) groups excluding carboxylic acids is 2. The highest BCUT2D eigenvalue weighted by Crippen LogP contribution is 2.35. The summed E-state index contributed by atoms with van der Waals surface area (Å²) >= 11 is 0. The van der Waals surface area contributed by atoms with E-state index in [0.717, 1.165) is 29.1 Å². The first kappa shape index (κ1) is 35.4. The van der Waals surface area contributed by atoms with Gasteiger partial charge in [0.15, 0.2) is 5.75 Å². The van der Waals surface area contributed by atoms with Crippen LogP contribution in [0.1, 0.15) is 40.9 Å². The smallest absolute Gasteiger partial charge is 0.416 e. The Morgan fingerprint density at radius 2 is 1.61 bits per heavy atom. The average molecular weight is 675 g/mol. The fourth-order valence-corrected chi connectivity index (χ4v) is 5.82. The molecule has 258 valence electrons. The van der Waals surface area contributed by atoms with Gasteiger partial charge in [-0.2, -0.15) is 13.2 Å². The minimum atomic E-state index is -4.47. The Kier molecular flexibility index (Phi) is 11.3. The van der Waals surface area contributed by atoms with Gasteiger partial charge in [-0.25, -0.2) is 0 Å². The number of amides is 2. The quantitative estimate of drug-likeness (QED) is 0.159. The van der Waals surface area contributed by atoms with Crippen LogP contribution in [0.3, 0.4) is 0 Å². The number of halogens is 3. The molecule has 0 fully saturated rings. The second-order valence-electron chi connectivity index (χ2n) is 12.6. The second-order valence-corrected chi connectivity index (χ2v) is 12.6. The molecule has 5 rings (SSSR count). The summed E-state index contributed by atoms with van der Waals surface area (Å²) in [5.41, 5.74) is 3.21. The lowest BCUT2D eigenvalue weighted by molar-refractivity contribution is -0.137. The largest absolute Gasteiger partial charge is 0.486 e. The first-order chi connectivity index (χ1) is 23.4. The lowest BCUT2D eigenvalue weighted by Gasteiger charge is -2.38. The van der Waals surface area contributed by atoms with Crippen molar-refractivity contribution < 1.29 is 32.6 Å². The van der Waals surface area contributed by atoms with E-state index < -0.39 is 29.8 Å². The van der Waals surface area contributed by atoms with Gasteiger partial charge in [0.1, 0.15) is 6.10 Å². The zero-order valence-corrected chi connectivity index (χ0v) is 27.7. The number of alkyl halides is 3. The van der Waals surface area contributed by atoms with E-state index in [2.05, 4.69) is 27.7 Å². The van der Waals surface area contributed by atoms with Crippen molar-refractivity contribution in [3.63, 3.8) is 0 Å². The number of hydrogen-bond acceptors (Lipinski definition) is 6. The molecular weight excluding hydrogens is 633 g/mol. The van der Waals surface area contributed by atoms with Crippen LogP contribution in [0.2, 0.25) is 0 Å². The molecular formula is C38H41F3N4O4. The minimum absolute atomic E-state index is 0.151. The predicted molar refractivity (Wildman–Crippen MR) is 184 cm³/mol. The number of ether oxygens (including phenoxy) is 1. The number of aliphatic hydroxyl groups is 1. The van der Waals surface area contributed by atoms with Crippen LogP contribution in [-0.4, -0.2) is 65.6 Å². The monoisotopic (exact) mass is 674 g/mol. The molecule has 0 aromatic heterocycles. The molecule has 3 N–H and O–H groups in total. The van der Waals surface area contributed by atoms with Gasteiger partial charge in [-0.05, 0) is 73.6 Å². The van der Waals surface area contributed by atoms with Crippen LogP contribution in [0, 0.1) is 5.92 Å². The van der Waals surface area contributed by atoms with Crippen molar-refractivity contribution in [2.24, 2.45) is 5.92 Å². The van der Waals surface area contributed by atoms with Crippen LogP contribution in [-0.2, 0) is 23.9 Å². The molecule has 49 heavy (non-hydrogen) atoms. The number of nitrogens with zero attached hydrogens (tertiary/aromatic N) is 2. The summed E-state index contributed by atoms with van der Waals surface area (Å²) in [6, 6.07) is 27.0. The summed E-state index contributed by atoms with van der Waals surface area (Å²) in [7, 11) is 1.99. The van der Waals surface area contributed by atoms with Crippen molar-refractivity contribution in [1.29, 1.82) is 0 Å². The van der Waals surface area contributed by atoms with E-state index in [4.69, 9.17) is 4.74 Å². The minimum Gasteiger partial charge on any atom is -0.486 e. The molecule has 8 nitrogen and oxygen atoms in total. The van der Waals surface area contributed by atoms with Gasteiger partial charge in [-0.3, -0.25) is 14.5 Å². The molecule has 2 amide bonds. The Labute approximate surface area is 284 Å². The van der Waals surface area contributed by atoms with Crippen molar-refractivity contribution >= 4 is 28.9 Å². The SMILES string of the molecule is C[C@@H]1CN([C@@H](C)CO)C(=O)c2cccc(NC(=O)Cc3ccc(C(F)(F)F)cc3)c2O[C@@H]1CN(C)Cc1ccc(Nc2ccccc2)cc1. The van der Waals surface area contributed by atoms with Crippen LogP contribution in [0.25, 0.3) is 0 Å². The predicted octanol–water partition coefficient (Wildman–Crippen LogP) is 6.98. The van der Waals surface area contributed by atoms with E-state index in [9.17, 15) is 27.9 Å². The first-order valence-corrected chi connectivity index (χ1v) is 16.2.